The normalized spacial score (nSPS) is 11.5. The zero-order valence-corrected chi connectivity index (χ0v) is 16.3. The van der Waals surface area contributed by atoms with E-state index in [9.17, 15) is 9.59 Å². The third-order valence-electron chi connectivity index (χ3n) is 4.35. The first kappa shape index (κ1) is 20.5. The second-order valence-electron chi connectivity index (χ2n) is 6.62. The molecule has 0 saturated carbocycles. The van der Waals surface area contributed by atoms with Gasteiger partial charge in [-0.3, -0.25) is 9.59 Å². The molecule has 2 aromatic rings. The Labute approximate surface area is 161 Å². The number of carbonyl (C=O) groups is 2. The summed E-state index contributed by atoms with van der Waals surface area (Å²) in [5.74, 6) is 0.540. The van der Waals surface area contributed by atoms with Crippen LogP contribution in [-0.2, 0) is 22.6 Å². The number of hydrogen-bond donors (Lipinski definition) is 1. The number of ether oxygens (including phenoxy) is 1. The van der Waals surface area contributed by atoms with Crippen LogP contribution in [0.4, 0.5) is 0 Å². The van der Waals surface area contributed by atoms with E-state index in [2.05, 4.69) is 5.32 Å². The van der Waals surface area contributed by atoms with Crippen LogP contribution >= 0.6 is 0 Å². The predicted molar refractivity (Wildman–Crippen MR) is 106 cm³/mol. The molecule has 1 N–H and O–H groups in total. The Morgan fingerprint density at radius 3 is 2.44 bits per heavy atom. The van der Waals surface area contributed by atoms with Crippen LogP contribution in [0.5, 0.6) is 5.75 Å². The highest BCUT2D eigenvalue weighted by atomic mass is 16.5. The lowest BCUT2D eigenvalue weighted by Gasteiger charge is -2.24. The Hall–Kier alpha value is -2.82. The Balaban J connectivity index is 1.98. The van der Waals surface area contributed by atoms with E-state index in [1.54, 1.807) is 19.1 Å². The molecule has 0 aliphatic rings. The van der Waals surface area contributed by atoms with Crippen LogP contribution in [0.25, 0.3) is 0 Å². The van der Waals surface area contributed by atoms with Gasteiger partial charge in [-0.1, -0.05) is 55.8 Å². The average molecular weight is 368 g/mol. The molecule has 5 nitrogen and oxygen atoms in total. The fourth-order valence-corrected chi connectivity index (χ4v) is 2.96. The molecule has 0 spiro atoms. The smallest absolute Gasteiger partial charge is 0.245 e. The van der Waals surface area contributed by atoms with Gasteiger partial charge in [-0.05, 0) is 29.7 Å². The zero-order valence-electron chi connectivity index (χ0n) is 16.3. The number of hydrogen-bond acceptors (Lipinski definition) is 3. The second-order valence-corrected chi connectivity index (χ2v) is 6.62. The minimum atomic E-state index is -0.512. The van der Waals surface area contributed by atoms with Gasteiger partial charge < -0.3 is 15.0 Å². The predicted octanol–water partition coefficient (Wildman–Crippen LogP) is 3.18. The number of likely N-dealkylation sites (N-methyl/N-ethyl adjacent to an activating group) is 1. The van der Waals surface area contributed by atoms with Crippen LogP contribution in [0.3, 0.4) is 0 Å². The monoisotopic (exact) mass is 368 g/mol. The molecule has 5 heteroatoms. The van der Waals surface area contributed by atoms with Gasteiger partial charge in [0.05, 0.1) is 13.5 Å². The summed E-state index contributed by atoms with van der Waals surface area (Å²) in [6, 6.07) is 16.7. The van der Waals surface area contributed by atoms with Crippen LogP contribution in [0.1, 0.15) is 30.9 Å². The molecule has 0 aliphatic heterocycles. The quantitative estimate of drug-likeness (QED) is 0.740. The molecular weight excluding hydrogens is 340 g/mol. The summed E-state index contributed by atoms with van der Waals surface area (Å²) in [6.45, 7) is 2.47. The molecular formula is C22H28N2O3. The summed E-state index contributed by atoms with van der Waals surface area (Å²) < 4.78 is 5.23. The SMILES string of the molecule is CCC[C@@H](NC(=O)Cc1ccccc1)C(=O)N(C)Cc1cccc(OC)c1. The topological polar surface area (TPSA) is 58.6 Å². The molecule has 2 rings (SSSR count). The first-order valence-electron chi connectivity index (χ1n) is 9.24. The highest BCUT2D eigenvalue weighted by molar-refractivity contribution is 5.88. The highest BCUT2D eigenvalue weighted by Crippen LogP contribution is 2.15. The molecule has 0 unspecified atom stereocenters. The van der Waals surface area contributed by atoms with E-state index < -0.39 is 6.04 Å². The number of rotatable bonds is 9. The summed E-state index contributed by atoms with van der Waals surface area (Å²) >= 11 is 0. The van der Waals surface area contributed by atoms with Gasteiger partial charge >= 0.3 is 0 Å². The Morgan fingerprint density at radius 2 is 1.78 bits per heavy atom. The first-order valence-corrected chi connectivity index (χ1v) is 9.24. The van der Waals surface area contributed by atoms with Crippen LogP contribution in [0.15, 0.2) is 54.6 Å². The van der Waals surface area contributed by atoms with Crippen molar-refractivity contribution in [2.45, 2.75) is 38.8 Å². The number of nitrogens with one attached hydrogen (secondary N) is 1. The van der Waals surface area contributed by atoms with Crippen molar-refractivity contribution in [1.82, 2.24) is 10.2 Å². The van der Waals surface area contributed by atoms with Crippen LogP contribution in [0.2, 0.25) is 0 Å². The molecule has 0 saturated heterocycles. The lowest BCUT2D eigenvalue weighted by atomic mass is 10.1. The molecule has 2 aromatic carbocycles. The fraction of sp³-hybridized carbons (Fsp3) is 0.364. The summed E-state index contributed by atoms with van der Waals surface area (Å²) in [5, 5.41) is 2.90. The average Bonchev–Trinajstić information content (AvgIpc) is 2.68. The highest BCUT2D eigenvalue weighted by Gasteiger charge is 2.23. The standard InChI is InChI=1S/C22H28N2O3/c1-4-9-20(23-21(25)15-17-10-6-5-7-11-17)22(26)24(2)16-18-12-8-13-19(14-18)27-3/h5-8,10-14,20H,4,9,15-16H2,1-3H3,(H,23,25)/t20-/m1/s1. The molecule has 0 aromatic heterocycles. The molecule has 0 bridgehead atoms. The van der Waals surface area contributed by atoms with Crippen LogP contribution in [-0.4, -0.2) is 36.9 Å². The van der Waals surface area contributed by atoms with E-state index in [1.165, 1.54) is 0 Å². The minimum absolute atomic E-state index is 0.0823. The van der Waals surface area contributed by atoms with Gasteiger partial charge in [0.15, 0.2) is 0 Å². The van der Waals surface area contributed by atoms with Crippen molar-refractivity contribution in [2.75, 3.05) is 14.2 Å². The summed E-state index contributed by atoms with van der Waals surface area (Å²) in [5.41, 5.74) is 1.92. The van der Waals surface area contributed by atoms with Gasteiger partial charge in [-0.25, -0.2) is 0 Å². The van der Waals surface area contributed by atoms with Gasteiger partial charge in [0, 0.05) is 13.6 Å². The number of benzene rings is 2. The lowest BCUT2D eigenvalue weighted by Crippen LogP contribution is -2.47. The van der Waals surface area contributed by atoms with Crippen molar-refractivity contribution in [3.63, 3.8) is 0 Å². The first-order chi connectivity index (χ1) is 13.0. The maximum atomic E-state index is 12.9. The maximum Gasteiger partial charge on any atom is 0.245 e. The summed E-state index contributed by atoms with van der Waals surface area (Å²) in [4.78, 5) is 26.9. The van der Waals surface area contributed by atoms with Crippen LogP contribution in [0, 0.1) is 0 Å². The van der Waals surface area contributed by atoms with Gasteiger partial charge in [0.2, 0.25) is 11.8 Å². The van der Waals surface area contributed by atoms with Gasteiger partial charge in [-0.15, -0.1) is 0 Å². The molecule has 0 heterocycles. The second kappa shape index (κ2) is 10.4. The zero-order chi connectivity index (χ0) is 19.6. The number of methoxy groups -OCH3 is 1. The third-order valence-corrected chi connectivity index (χ3v) is 4.35. The minimum Gasteiger partial charge on any atom is -0.497 e. The molecule has 2 amide bonds. The van der Waals surface area contributed by atoms with E-state index in [-0.39, 0.29) is 18.2 Å². The summed E-state index contributed by atoms with van der Waals surface area (Å²) in [6.07, 6.45) is 1.70. The molecule has 1 atom stereocenters. The van der Waals surface area contributed by atoms with Crippen LogP contribution < -0.4 is 10.1 Å². The third kappa shape index (κ3) is 6.44. The Morgan fingerprint density at radius 1 is 1.07 bits per heavy atom. The molecule has 144 valence electrons. The molecule has 0 fully saturated rings. The van der Waals surface area contributed by atoms with Gasteiger partial charge in [-0.2, -0.15) is 0 Å². The molecule has 0 radical (unpaired) electrons. The van der Waals surface area contributed by atoms with Crippen molar-refractivity contribution in [1.29, 1.82) is 0 Å². The number of amides is 2. The molecule has 27 heavy (non-hydrogen) atoms. The maximum absolute atomic E-state index is 12.9. The van der Waals surface area contributed by atoms with Crippen molar-refractivity contribution in [3.8, 4) is 5.75 Å². The number of carbonyl (C=O) groups excluding carboxylic acids is 2. The van der Waals surface area contributed by atoms with E-state index >= 15 is 0 Å². The molecule has 0 aliphatic carbocycles. The Bertz CT molecular complexity index is 746. The lowest BCUT2D eigenvalue weighted by molar-refractivity contribution is -0.135. The number of nitrogens with zero attached hydrogens (tertiary/aromatic N) is 1. The van der Waals surface area contributed by atoms with Crippen molar-refractivity contribution < 1.29 is 14.3 Å². The van der Waals surface area contributed by atoms with Crippen molar-refractivity contribution in [3.05, 3.63) is 65.7 Å². The van der Waals surface area contributed by atoms with E-state index in [1.807, 2.05) is 61.5 Å². The fourth-order valence-electron chi connectivity index (χ4n) is 2.96. The van der Waals surface area contributed by atoms with E-state index in [0.29, 0.717) is 13.0 Å². The largest absolute Gasteiger partial charge is 0.497 e. The van der Waals surface area contributed by atoms with Crippen molar-refractivity contribution >= 4 is 11.8 Å². The van der Waals surface area contributed by atoms with Crippen molar-refractivity contribution in [2.24, 2.45) is 0 Å². The van der Waals surface area contributed by atoms with E-state index in [0.717, 1.165) is 23.3 Å². The summed E-state index contributed by atoms with van der Waals surface area (Å²) in [7, 11) is 3.38. The van der Waals surface area contributed by atoms with E-state index in [4.69, 9.17) is 4.74 Å². The van der Waals surface area contributed by atoms with Gasteiger partial charge in [0.1, 0.15) is 11.8 Å². The Kier molecular flexibility index (Phi) is 7.86. The van der Waals surface area contributed by atoms with Gasteiger partial charge in [0.25, 0.3) is 0 Å².